The number of rotatable bonds is 0. The summed E-state index contributed by atoms with van der Waals surface area (Å²) in [6.45, 7) is 4.90. The standard InChI is InChI=1S/C7H16N2.Al.4FH/c1-7-8(2)5-4-6-9(7)3;;;;;/h7H,4-6H2,1-3H3;;4*1H/q;+3;;;;/p-3. The van der Waals surface area contributed by atoms with Gasteiger partial charge in [0.2, 0.25) is 0 Å². The van der Waals surface area contributed by atoms with E-state index in [0.29, 0.717) is 0 Å². The van der Waals surface area contributed by atoms with Crippen molar-refractivity contribution < 1.29 is 19.0 Å². The van der Waals surface area contributed by atoms with Gasteiger partial charge in [-0.3, -0.25) is 4.90 Å². The van der Waals surface area contributed by atoms with Crippen LogP contribution >= 0.6 is 0 Å². The van der Waals surface area contributed by atoms with Gasteiger partial charge in [-0.15, -0.1) is 0 Å². The van der Waals surface area contributed by atoms with E-state index in [4.69, 9.17) is 0 Å². The van der Waals surface area contributed by atoms with E-state index in [1.165, 1.54) is 19.5 Å². The van der Waals surface area contributed by atoms with E-state index in [1.54, 1.807) is 4.90 Å². The largest absolute Gasteiger partial charge is 1.04 e. The van der Waals surface area contributed by atoms with Crippen LogP contribution in [0.3, 0.4) is 0 Å². The van der Waals surface area contributed by atoms with Crippen molar-refractivity contribution in [2.24, 2.45) is 0 Å². The predicted molar refractivity (Wildman–Crippen MR) is 48.6 cm³/mol. The highest BCUT2D eigenvalue weighted by Gasteiger charge is 2.41. The monoisotopic (exact) mass is 232 g/mol. The minimum Gasteiger partial charge on any atom is -0.510 e. The fourth-order valence-electron chi connectivity index (χ4n) is 1.39. The molecule has 0 saturated carbocycles. The predicted octanol–water partition coefficient (Wildman–Crippen LogP) is 0.483. The zero-order chi connectivity index (χ0) is 11.4. The van der Waals surface area contributed by atoms with Crippen molar-refractivity contribution >= 4 is 14.9 Å². The molecule has 0 aromatic heterocycles. The second kappa shape index (κ2) is 5.91. The molecule has 0 bridgehead atoms. The number of hydrogen-bond acceptors (Lipinski definition) is 1. The Morgan fingerprint density at radius 2 is 1.71 bits per heavy atom. The van der Waals surface area contributed by atoms with Gasteiger partial charge in [-0.05, 0) is 7.05 Å². The quantitative estimate of drug-likeness (QED) is 0.471. The molecule has 0 amide bonds. The lowest BCUT2D eigenvalue weighted by Gasteiger charge is -2.34. The summed E-state index contributed by atoms with van der Waals surface area (Å²) in [5.41, 5.74) is 0. The molecule has 0 aromatic rings. The summed E-state index contributed by atoms with van der Waals surface area (Å²) in [6.07, 6.45) is 2.07. The molecule has 0 spiro atoms. The average Bonchev–Trinajstić information content (AvgIpc) is 1.97. The van der Waals surface area contributed by atoms with Gasteiger partial charge in [0, 0.05) is 19.9 Å². The average molecular weight is 232 g/mol. The Hall–Kier alpha value is 0.172. The molecule has 2 unspecified atom stereocenters. The van der Waals surface area contributed by atoms with Crippen molar-refractivity contribution in [2.45, 2.75) is 19.5 Å². The Morgan fingerprint density at radius 1 is 1.29 bits per heavy atom. The Bertz CT molecular complexity index is 148. The molecule has 1 fully saturated rings. The van der Waals surface area contributed by atoms with E-state index in [0.717, 1.165) is 6.17 Å². The molecule has 2 nitrogen and oxygen atoms in total. The maximum Gasteiger partial charge on any atom is 1.04 e. The lowest BCUT2D eigenvalue weighted by Crippen LogP contribution is -3.15. The molecule has 1 aliphatic heterocycles. The SMILES string of the molecule is CC1N(C)CCC[NH+]1C.[F][Al-]([F])([F])[F]. The van der Waals surface area contributed by atoms with Gasteiger partial charge in [-0.25, -0.2) is 0 Å². The van der Waals surface area contributed by atoms with Gasteiger partial charge in [0.25, 0.3) is 0 Å². The van der Waals surface area contributed by atoms with Crippen LogP contribution in [-0.4, -0.2) is 53.2 Å². The first kappa shape index (κ1) is 14.2. The summed E-state index contributed by atoms with van der Waals surface area (Å²) in [4.78, 5) is 4.06. The number of quaternary nitrogens is 1. The van der Waals surface area contributed by atoms with Gasteiger partial charge >= 0.3 is 14.9 Å². The molecule has 1 heterocycles. The van der Waals surface area contributed by atoms with Crippen molar-refractivity contribution in [2.75, 3.05) is 27.2 Å². The zero-order valence-corrected chi connectivity index (χ0v) is 9.89. The summed E-state index contributed by atoms with van der Waals surface area (Å²) in [6, 6.07) is 0. The van der Waals surface area contributed by atoms with Crippen molar-refractivity contribution in [1.82, 2.24) is 4.90 Å². The highest BCUT2D eigenvalue weighted by atomic mass is 27.5. The highest BCUT2D eigenvalue weighted by molar-refractivity contribution is 6.50. The van der Waals surface area contributed by atoms with Gasteiger partial charge in [-0.1, -0.05) is 0 Å². The topological polar surface area (TPSA) is 7.68 Å². The van der Waals surface area contributed by atoms with Crippen LogP contribution in [0.1, 0.15) is 13.3 Å². The smallest absolute Gasteiger partial charge is 0.510 e. The van der Waals surface area contributed by atoms with Crippen LogP contribution in [-0.2, 0) is 0 Å². The van der Waals surface area contributed by atoms with Crippen LogP contribution in [0, 0.1) is 0 Å². The molecular weight excluding hydrogens is 215 g/mol. The Labute approximate surface area is 86.1 Å². The normalized spacial score (nSPS) is 29.4. The first-order valence-corrected chi connectivity index (χ1v) is 6.36. The van der Waals surface area contributed by atoms with E-state index in [9.17, 15) is 14.1 Å². The molecule has 86 valence electrons. The lowest BCUT2D eigenvalue weighted by molar-refractivity contribution is -0.922. The molecule has 1 rings (SSSR count). The van der Waals surface area contributed by atoms with Crippen molar-refractivity contribution in [3.05, 3.63) is 0 Å². The molecule has 1 N–H and O–H groups in total. The van der Waals surface area contributed by atoms with Gasteiger partial charge in [-0.2, -0.15) is 0 Å². The third-order valence-electron chi connectivity index (χ3n) is 2.46. The van der Waals surface area contributed by atoms with E-state index in [2.05, 4.69) is 25.9 Å². The zero-order valence-electron chi connectivity index (χ0n) is 8.74. The maximum atomic E-state index is 9.85. The van der Waals surface area contributed by atoms with Crippen molar-refractivity contribution in [3.8, 4) is 0 Å². The lowest BCUT2D eigenvalue weighted by atomic mass is 10.2. The summed E-state index contributed by atoms with van der Waals surface area (Å²) in [5, 5.41) is 0. The fraction of sp³-hybridized carbons (Fsp3) is 1.00. The summed E-state index contributed by atoms with van der Waals surface area (Å²) < 4.78 is 39.4. The molecule has 7 heteroatoms. The van der Waals surface area contributed by atoms with E-state index < -0.39 is 14.9 Å². The Kier molecular flexibility index (Phi) is 5.98. The molecule has 14 heavy (non-hydrogen) atoms. The molecule has 1 saturated heterocycles. The molecule has 0 aromatic carbocycles. The Morgan fingerprint density at radius 3 is 2.00 bits per heavy atom. The number of nitrogens with zero attached hydrogens (tertiary/aromatic N) is 1. The van der Waals surface area contributed by atoms with Gasteiger partial charge in [0.05, 0.1) is 13.6 Å². The molecule has 1 aliphatic rings. The first-order chi connectivity index (χ1) is 6.22. The molecule has 2 atom stereocenters. The van der Waals surface area contributed by atoms with Crippen LogP contribution in [0.15, 0.2) is 0 Å². The minimum absolute atomic E-state index is 0.721. The van der Waals surface area contributed by atoms with E-state index >= 15 is 0 Å². The molecular formula is C7H17AlF4N2. The van der Waals surface area contributed by atoms with Crippen molar-refractivity contribution in [1.29, 1.82) is 0 Å². The van der Waals surface area contributed by atoms with Crippen LogP contribution < -0.4 is 4.90 Å². The van der Waals surface area contributed by atoms with Gasteiger partial charge < -0.3 is 19.0 Å². The van der Waals surface area contributed by atoms with E-state index in [1.807, 2.05) is 0 Å². The van der Waals surface area contributed by atoms with Crippen LogP contribution in [0.5, 0.6) is 0 Å². The molecule has 0 aliphatic carbocycles. The summed E-state index contributed by atoms with van der Waals surface area (Å²) in [5.74, 6) is 0. The van der Waals surface area contributed by atoms with Crippen LogP contribution in [0.25, 0.3) is 0 Å². The second-order valence-corrected chi connectivity index (χ2v) is 4.59. The van der Waals surface area contributed by atoms with Gasteiger partial charge in [0.15, 0.2) is 0 Å². The first-order valence-electron chi connectivity index (χ1n) is 4.61. The maximum absolute atomic E-state index is 9.85. The summed E-state index contributed by atoms with van der Waals surface area (Å²) in [7, 11) is 4.47. The van der Waals surface area contributed by atoms with Gasteiger partial charge in [0.1, 0.15) is 6.17 Å². The number of nitrogens with one attached hydrogen (secondary N) is 1. The van der Waals surface area contributed by atoms with Crippen molar-refractivity contribution in [3.63, 3.8) is 0 Å². The highest BCUT2D eigenvalue weighted by Crippen LogP contribution is 2.06. The third-order valence-corrected chi connectivity index (χ3v) is 2.46. The van der Waals surface area contributed by atoms with Crippen LogP contribution in [0.2, 0.25) is 0 Å². The molecule has 0 radical (unpaired) electrons. The third kappa shape index (κ3) is 7.56. The number of hydrogen-bond donors (Lipinski definition) is 1. The fourth-order valence-corrected chi connectivity index (χ4v) is 1.39. The van der Waals surface area contributed by atoms with E-state index in [-0.39, 0.29) is 0 Å². The number of halogens is 4. The summed E-state index contributed by atoms with van der Waals surface area (Å²) >= 11 is -6.83. The minimum atomic E-state index is -6.83. The van der Waals surface area contributed by atoms with Crippen LogP contribution in [0.4, 0.5) is 14.1 Å². The Balaban J connectivity index is 0.000000292. The second-order valence-electron chi connectivity index (χ2n) is 3.60.